The van der Waals surface area contributed by atoms with E-state index in [2.05, 4.69) is 0 Å². The highest BCUT2D eigenvalue weighted by molar-refractivity contribution is 5.98. The Morgan fingerprint density at radius 1 is 1.00 bits per heavy atom. The lowest BCUT2D eigenvalue weighted by Crippen LogP contribution is -2.07. The predicted octanol–water partition coefficient (Wildman–Crippen LogP) is 4.98. The summed E-state index contributed by atoms with van der Waals surface area (Å²) in [6, 6.07) is 16.6. The zero-order valence-electron chi connectivity index (χ0n) is 14.2. The fourth-order valence-electron chi connectivity index (χ4n) is 2.61. The number of carbonyl (C=O) groups excluding carboxylic acids is 1. The van der Waals surface area contributed by atoms with Crippen molar-refractivity contribution in [3.05, 3.63) is 88.2 Å². The third-order valence-electron chi connectivity index (χ3n) is 3.81. The summed E-state index contributed by atoms with van der Waals surface area (Å²) in [5.41, 5.74) is 0.139. The Hall–Kier alpha value is -3.74. The highest BCUT2D eigenvalue weighted by atomic mass is 19.1. The van der Waals surface area contributed by atoms with Gasteiger partial charge in [0, 0.05) is 6.07 Å². The molecule has 3 aromatic carbocycles. The lowest BCUT2D eigenvalue weighted by molar-refractivity contribution is -0.384. The van der Waals surface area contributed by atoms with Crippen molar-refractivity contribution >= 4 is 11.7 Å². The Morgan fingerprint density at radius 2 is 1.67 bits per heavy atom. The van der Waals surface area contributed by atoms with Crippen LogP contribution in [0.15, 0.2) is 66.7 Å². The number of nitrogens with zero attached hydrogens (tertiary/aromatic N) is 1. The van der Waals surface area contributed by atoms with Crippen LogP contribution in [0.5, 0.6) is 11.5 Å². The maximum atomic E-state index is 13.1. The highest BCUT2D eigenvalue weighted by Crippen LogP contribution is 2.38. The van der Waals surface area contributed by atoms with Crippen LogP contribution in [0.3, 0.4) is 0 Å². The molecule has 0 fully saturated rings. The first-order valence-electron chi connectivity index (χ1n) is 7.89. The van der Waals surface area contributed by atoms with Crippen LogP contribution in [0.25, 0.3) is 11.1 Å². The first kappa shape index (κ1) is 18.1. The van der Waals surface area contributed by atoms with Crippen molar-refractivity contribution in [1.29, 1.82) is 0 Å². The van der Waals surface area contributed by atoms with Crippen LogP contribution in [0, 0.1) is 15.9 Å². The molecule has 3 aromatic rings. The first-order chi connectivity index (χ1) is 13.0. The quantitative estimate of drug-likeness (QED) is 0.361. The molecule has 0 amide bonds. The average Bonchev–Trinajstić information content (AvgIpc) is 2.69. The van der Waals surface area contributed by atoms with Crippen LogP contribution in [-0.4, -0.2) is 18.0 Å². The van der Waals surface area contributed by atoms with Gasteiger partial charge in [0.25, 0.3) is 5.69 Å². The molecule has 7 heteroatoms. The van der Waals surface area contributed by atoms with Crippen molar-refractivity contribution in [2.24, 2.45) is 0 Å². The maximum Gasteiger partial charge on any atom is 0.345 e. The fraction of sp³-hybridized carbons (Fsp3) is 0.0500. The van der Waals surface area contributed by atoms with Crippen LogP contribution < -0.4 is 4.74 Å². The number of nitro benzene ring substituents is 1. The summed E-state index contributed by atoms with van der Waals surface area (Å²) in [4.78, 5) is 23.2. The number of methoxy groups -OCH3 is 1. The van der Waals surface area contributed by atoms with E-state index >= 15 is 0 Å². The summed E-state index contributed by atoms with van der Waals surface area (Å²) >= 11 is 0. The number of hydrogen-bond donors (Lipinski definition) is 0. The molecule has 0 saturated heterocycles. The minimum Gasteiger partial charge on any atom is -0.465 e. The van der Waals surface area contributed by atoms with Gasteiger partial charge in [0.2, 0.25) is 0 Å². The van der Waals surface area contributed by atoms with E-state index in [4.69, 9.17) is 9.47 Å². The molecule has 136 valence electrons. The summed E-state index contributed by atoms with van der Waals surface area (Å²) < 4.78 is 23.4. The molecule has 0 heterocycles. The van der Waals surface area contributed by atoms with Gasteiger partial charge in [-0.25, -0.2) is 9.18 Å². The van der Waals surface area contributed by atoms with Gasteiger partial charge in [-0.15, -0.1) is 0 Å². The van der Waals surface area contributed by atoms with Crippen molar-refractivity contribution in [3.63, 3.8) is 0 Å². The third-order valence-corrected chi connectivity index (χ3v) is 3.81. The smallest absolute Gasteiger partial charge is 0.345 e. The van der Waals surface area contributed by atoms with Crippen molar-refractivity contribution in [2.75, 3.05) is 7.11 Å². The summed E-state index contributed by atoms with van der Waals surface area (Å²) in [5, 5.41) is 11.7. The van der Waals surface area contributed by atoms with Gasteiger partial charge in [0.15, 0.2) is 0 Å². The summed E-state index contributed by atoms with van der Waals surface area (Å²) in [6.45, 7) is 0. The molecule has 0 bridgehead atoms. The second-order valence-electron chi connectivity index (χ2n) is 5.54. The van der Waals surface area contributed by atoms with Crippen LogP contribution in [0.4, 0.5) is 10.1 Å². The second kappa shape index (κ2) is 7.65. The topological polar surface area (TPSA) is 78.7 Å². The third kappa shape index (κ3) is 3.92. The van der Waals surface area contributed by atoms with Crippen LogP contribution >= 0.6 is 0 Å². The lowest BCUT2D eigenvalue weighted by Gasteiger charge is -2.12. The predicted molar refractivity (Wildman–Crippen MR) is 96.3 cm³/mol. The molecule has 0 unspecified atom stereocenters. The Kier molecular flexibility index (Phi) is 5.12. The number of nitro groups is 1. The molecule has 0 aliphatic rings. The molecule has 0 saturated carbocycles. The van der Waals surface area contributed by atoms with Gasteiger partial charge in [0.05, 0.1) is 17.6 Å². The number of hydrogen-bond acceptors (Lipinski definition) is 5. The molecule has 0 spiro atoms. The van der Waals surface area contributed by atoms with E-state index in [1.54, 1.807) is 30.3 Å². The van der Waals surface area contributed by atoms with E-state index in [-0.39, 0.29) is 22.6 Å². The van der Waals surface area contributed by atoms with Crippen molar-refractivity contribution < 1.29 is 23.6 Å². The number of esters is 1. The standard InChI is InChI=1S/C20H14FNO5/c1-26-20(23)18-12-16(27-15-9-7-14(21)8-10-15)11-17(19(18)22(24)25)13-5-3-2-4-6-13/h2-12H,1H3. The molecule has 0 aromatic heterocycles. The van der Waals surface area contributed by atoms with Gasteiger partial charge in [0.1, 0.15) is 22.9 Å². The zero-order valence-corrected chi connectivity index (χ0v) is 14.2. The van der Waals surface area contributed by atoms with Crippen molar-refractivity contribution in [2.45, 2.75) is 0 Å². The Bertz CT molecular complexity index is 987. The minimum atomic E-state index is -0.858. The van der Waals surface area contributed by atoms with Gasteiger partial charge >= 0.3 is 5.97 Å². The monoisotopic (exact) mass is 367 g/mol. The second-order valence-corrected chi connectivity index (χ2v) is 5.54. The Morgan fingerprint density at radius 3 is 2.26 bits per heavy atom. The van der Waals surface area contributed by atoms with E-state index in [9.17, 15) is 19.3 Å². The first-order valence-corrected chi connectivity index (χ1v) is 7.89. The van der Waals surface area contributed by atoms with E-state index in [0.717, 1.165) is 7.11 Å². The molecule has 0 atom stereocenters. The van der Waals surface area contributed by atoms with E-state index in [0.29, 0.717) is 11.3 Å². The van der Waals surface area contributed by atoms with Crippen molar-refractivity contribution in [3.8, 4) is 22.6 Å². The fourth-order valence-corrected chi connectivity index (χ4v) is 2.61. The minimum absolute atomic E-state index is 0.187. The number of ether oxygens (including phenoxy) is 2. The summed E-state index contributed by atoms with van der Waals surface area (Å²) in [6.07, 6.45) is 0. The molecular formula is C20H14FNO5. The summed E-state index contributed by atoms with van der Waals surface area (Å²) in [7, 11) is 1.14. The maximum absolute atomic E-state index is 13.1. The lowest BCUT2D eigenvalue weighted by atomic mass is 9.99. The largest absolute Gasteiger partial charge is 0.465 e. The number of benzene rings is 3. The van der Waals surface area contributed by atoms with E-state index in [1.807, 2.05) is 0 Å². The SMILES string of the molecule is COC(=O)c1cc(Oc2ccc(F)cc2)cc(-c2ccccc2)c1[N+](=O)[O-]. The Balaban J connectivity index is 2.18. The van der Waals surface area contributed by atoms with Gasteiger partial charge < -0.3 is 9.47 Å². The molecule has 0 radical (unpaired) electrons. The average molecular weight is 367 g/mol. The number of halogens is 1. The van der Waals surface area contributed by atoms with Gasteiger partial charge in [-0.1, -0.05) is 30.3 Å². The normalized spacial score (nSPS) is 10.3. The zero-order chi connectivity index (χ0) is 19.4. The molecule has 0 aliphatic heterocycles. The van der Waals surface area contributed by atoms with Gasteiger partial charge in [-0.2, -0.15) is 0 Å². The molecule has 6 nitrogen and oxygen atoms in total. The van der Waals surface area contributed by atoms with Crippen molar-refractivity contribution in [1.82, 2.24) is 0 Å². The molecular weight excluding hydrogens is 353 g/mol. The Labute approximate surface area is 153 Å². The van der Waals surface area contributed by atoms with Gasteiger partial charge in [-0.3, -0.25) is 10.1 Å². The van der Waals surface area contributed by atoms with E-state index < -0.39 is 16.7 Å². The van der Waals surface area contributed by atoms with Gasteiger partial charge in [-0.05, 0) is 35.9 Å². The van der Waals surface area contributed by atoms with E-state index in [1.165, 1.54) is 36.4 Å². The summed E-state index contributed by atoms with van der Waals surface area (Å²) in [5.74, 6) is -0.777. The molecule has 0 aliphatic carbocycles. The highest BCUT2D eigenvalue weighted by Gasteiger charge is 2.28. The van der Waals surface area contributed by atoms with Crippen LogP contribution in [-0.2, 0) is 4.74 Å². The number of rotatable bonds is 5. The molecule has 27 heavy (non-hydrogen) atoms. The van der Waals surface area contributed by atoms with Crippen LogP contribution in [0.2, 0.25) is 0 Å². The molecule has 0 N–H and O–H groups in total. The molecule has 3 rings (SSSR count). The van der Waals surface area contributed by atoms with Crippen LogP contribution in [0.1, 0.15) is 10.4 Å². The number of carbonyl (C=O) groups is 1.